The van der Waals surface area contributed by atoms with Crippen LogP contribution in [-0.2, 0) is 14.3 Å². The number of hydrogen-bond donors (Lipinski definition) is 0. The average molecular weight is 207 g/mol. The number of hydrogen-bond acceptors (Lipinski definition) is 3. The summed E-state index contributed by atoms with van der Waals surface area (Å²) in [5, 5.41) is 0. The fourth-order valence-electron chi connectivity index (χ4n) is 2.82. The number of carbonyl (C=O) groups excluding carboxylic acids is 2. The molecule has 0 aromatic rings. The fraction of sp³-hybridized carbons (Fsp3) is 0.583. The van der Waals surface area contributed by atoms with Gasteiger partial charge in [-0.1, -0.05) is 11.6 Å². The Morgan fingerprint density at radius 3 is 3.00 bits per heavy atom. The van der Waals surface area contributed by atoms with Crippen LogP contribution in [-0.4, -0.2) is 18.9 Å². The van der Waals surface area contributed by atoms with Gasteiger partial charge < -0.3 is 9.53 Å². The van der Waals surface area contributed by atoms with E-state index in [1.54, 1.807) is 6.92 Å². The van der Waals surface area contributed by atoms with Crippen molar-refractivity contribution < 1.29 is 14.3 Å². The van der Waals surface area contributed by atoms with E-state index in [-0.39, 0.29) is 17.8 Å². The lowest BCUT2D eigenvalue weighted by atomic mass is 9.73. The van der Waals surface area contributed by atoms with Gasteiger partial charge in [-0.2, -0.15) is 0 Å². The molecule has 1 fully saturated rings. The largest absolute Gasteiger partial charge is 0.465 e. The summed E-state index contributed by atoms with van der Waals surface area (Å²) in [5.74, 6) is -0.275. The molecule has 1 radical (unpaired) electrons. The van der Waals surface area contributed by atoms with Crippen LogP contribution < -0.4 is 0 Å². The summed E-state index contributed by atoms with van der Waals surface area (Å²) in [6, 6.07) is 0. The highest BCUT2D eigenvalue weighted by molar-refractivity contribution is 5.87. The maximum Gasteiger partial charge on any atom is 0.316 e. The van der Waals surface area contributed by atoms with Crippen molar-refractivity contribution in [2.45, 2.75) is 20.3 Å². The van der Waals surface area contributed by atoms with Crippen molar-refractivity contribution in [2.75, 3.05) is 6.61 Å². The highest BCUT2D eigenvalue weighted by atomic mass is 16.5. The minimum Gasteiger partial charge on any atom is -0.465 e. The summed E-state index contributed by atoms with van der Waals surface area (Å²) >= 11 is 0. The van der Waals surface area contributed by atoms with E-state index in [0.717, 1.165) is 11.9 Å². The van der Waals surface area contributed by atoms with Gasteiger partial charge in [-0.3, -0.25) is 4.79 Å². The van der Waals surface area contributed by atoms with Crippen LogP contribution in [0, 0.1) is 23.7 Å². The third-order valence-electron chi connectivity index (χ3n) is 3.54. The third-order valence-corrected chi connectivity index (χ3v) is 3.54. The lowest BCUT2D eigenvalue weighted by Crippen LogP contribution is -2.38. The standard InChI is InChI=1S/C12H15O3/c1-3-15-11(14)12-6-9(4-8(12)2)5-10(12)7-13/h4-5,7,9-10H,3,6H2,1-2H3. The van der Waals surface area contributed by atoms with Crippen LogP contribution in [0.15, 0.2) is 11.6 Å². The Labute approximate surface area is 89.5 Å². The Bertz CT molecular complexity index is 332. The van der Waals surface area contributed by atoms with Crippen LogP contribution in [0.2, 0.25) is 0 Å². The Morgan fingerprint density at radius 2 is 2.47 bits per heavy atom. The maximum atomic E-state index is 12.0. The summed E-state index contributed by atoms with van der Waals surface area (Å²) < 4.78 is 5.09. The van der Waals surface area contributed by atoms with Gasteiger partial charge in [0, 0.05) is 5.92 Å². The van der Waals surface area contributed by atoms with Crippen LogP contribution in [0.25, 0.3) is 0 Å². The predicted molar refractivity (Wildman–Crippen MR) is 54.8 cm³/mol. The first-order valence-electron chi connectivity index (χ1n) is 5.31. The molecule has 2 aliphatic rings. The van der Waals surface area contributed by atoms with Gasteiger partial charge >= 0.3 is 5.97 Å². The number of allylic oxidation sites excluding steroid dienone is 1. The van der Waals surface area contributed by atoms with Gasteiger partial charge in [0.05, 0.1) is 12.0 Å². The molecule has 81 valence electrons. The van der Waals surface area contributed by atoms with E-state index < -0.39 is 5.41 Å². The highest BCUT2D eigenvalue weighted by Crippen LogP contribution is 2.56. The van der Waals surface area contributed by atoms with Crippen LogP contribution in [0.1, 0.15) is 20.3 Å². The third kappa shape index (κ3) is 1.25. The molecule has 2 bridgehead atoms. The van der Waals surface area contributed by atoms with Gasteiger partial charge in [0.15, 0.2) is 0 Å². The first kappa shape index (κ1) is 10.4. The molecular formula is C12H15O3. The molecule has 0 saturated heterocycles. The zero-order chi connectivity index (χ0) is 11.1. The molecule has 2 aliphatic carbocycles. The van der Waals surface area contributed by atoms with E-state index in [1.165, 1.54) is 0 Å². The van der Waals surface area contributed by atoms with Crippen molar-refractivity contribution in [2.24, 2.45) is 17.3 Å². The summed E-state index contributed by atoms with van der Waals surface area (Å²) in [7, 11) is 0. The van der Waals surface area contributed by atoms with E-state index in [2.05, 4.69) is 6.08 Å². The molecular weight excluding hydrogens is 192 g/mol. The number of ether oxygens (including phenoxy) is 1. The van der Waals surface area contributed by atoms with Crippen LogP contribution in [0.5, 0.6) is 0 Å². The summed E-state index contributed by atoms with van der Waals surface area (Å²) in [6.07, 6.45) is 5.60. The molecule has 3 unspecified atom stereocenters. The Morgan fingerprint density at radius 1 is 1.73 bits per heavy atom. The lowest BCUT2D eigenvalue weighted by Gasteiger charge is -2.30. The second kappa shape index (κ2) is 3.47. The van der Waals surface area contributed by atoms with Gasteiger partial charge in [-0.25, -0.2) is 0 Å². The van der Waals surface area contributed by atoms with Gasteiger partial charge in [0.2, 0.25) is 0 Å². The minimum atomic E-state index is -0.678. The molecule has 0 aromatic heterocycles. The molecule has 15 heavy (non-hydrogen) atoms. The normalized spacial score (nSPS) is 37.6. The molecule has 3 atom stereocenters. The van der Waals surface area contributed by atoms with Crippen molar-refractivity contribution in [3.63, 3.8) is 0 Å². The lowest BCUT2D eigenvalue weighted by molar-refractivity contribution is -0.155. The van der Waals surface area contributed by atoms with Gasteiger partial charge in [-0.15, -0.1) is 0 Å². The molecule has 0 aromatic carbocycles. The second-order valence-electron chi connectivity index (χ2n) is 4.26. The van der Waals surface area contributed by atoms with Gasteiger partial charge in [0.1, 0.15) is 6.29 Å². The van der Waals surface area contributed by atoms with Crippen molar-refractivity contribution in [1.82, 2.24) is 0 Å². The topological polar surface area (TPSA) is 43.4 Å². The Kier molecular flexibility index (Phi) is 2.41. The van der Waals surface area contributed by atoms with E-state index in [9.17, 15) is 9.59 Å². The van der Waals surface area contributed by atoms with Crippen LogP contribution >= 0.6 is 0 Å². The van der Waals surface area contributed by atoms with Crippen molar-refractivity contribution in [3.05, 3.63) is 18.1 Å². The van der Waals surface area contributed by atoms with Gasteiger partial charge in [-0.05, 0) is 32.6 Å². The maximum absolute atomic E-state index is 12.0. The fourth-order valence-corrected chi connectivity index (χ4v) is 2.82. The number of rotatable bonds is 3. The zero-order valence-electron chi connectivity index (χ0n) is 9.03. The van der Waals surface area contributed by atoms with E-state index in [1.807, 2.05) is 13.3 Å². The molecule has 3 heteroatoms. The molecule has 0 aliphatic heterocycles. The first-order chi connectivity index (χ1) is 7.15. The van der Waals surface area contributed by atoms with E-state index in [4.69, 9.17) is 4.74 Å². The number of carbonyl (C=O) groups is 2. The van der Waals surface area contributed by atoms with Crippen molar-refractivity contribution in [3.8, 4) is 0 Å². The summed E-state index contributed by atoms with van der Waals surface area (Å²) in [6.45, 7) is 4.07. The minimum absolute atomic E-state index is 0.243. The van der Waals surface area contributed by atoms with Gasteiger partial charge in [0.25, 0.3) is 0 Å². The molecule has 0 amide bonds. The Hall–Kier alpha value is -1.12. The summed E-state index contributed by atoms with van der Waals surface area (Å²) in [4.78, 5) is 23.0. The molecule has 2 rings (SSSR count). The molecule has 1 saturated carbocycles. The van der Waals surface area contributed by atoms with Crippen LogP contribution in [0.4, 0.5) is 0 Å². The van der Waals surface area contributed by atoms with Crippen molar-refractivity contribution >= 4 is 12.3 Å². The summed E-state index contributed by atoms with van der Waals surface area (Å²) in [5.41, 5.74) is 0.313. The molecule has 3 nitrogen and oxygen atoms in total. The average Bonchev–Trinajstić information content (AvgIpc) is 2.72. The van der Waals surface area contributed by atoms with E-state index >= 15 is 0 Å². The van der Waals surface area contributed by atoms with E-state index in [0.29, 0.717) is 13.0 Å². The molecule has 0 spiro atoms. The predicted octanol–water partition coefficient (Wildman–Crippen LogP) is 1.54. The van der Waals surface area contributed by atoms with Crippen LogP contribution in [0.3, 0.4) is 0 Å². The monoisotopic (exact) mass is 207 g/mol. The highest BCUT2D eigenvalue weighted by Gasteiger charge is 2.58. The Balaban J connectivity index is 2.34. The van der Waals surface area contributed by atoms with Crippen molar-refractivity contribution in [1.29, 1.82) is 0 Å². The molecule has 0 N–H and O–H groups in total. The quantitative estimate of drug-likeness (QED) is 0.400. The molecule has 0 heterocycles. The SMILES string of the molecule is CCOC(=O)C12CC([CH]C1C=O)C=C2C. The zero-order valence-corrected chi connectivity index (χ0v) is 9.03. The number of aldehydes is 1. The second-order valence-corrected chi connectivity index (χ2v) is 4.26. The first-order valence-corrected chi connectivity index (χ1v) is 5.31. The number of esters is 1. The smallest absolute Gasteiger partial charge is 0.316 e. The number of fused-ring (bicyclic) bond motifs is 2.